The van der Waals surface area contributed by atoms with Crippen LogP contribution in [0.15, 0.2) is 48.5 Å². The molecule has 0 unspecified atom stereocenters. The second kappa shape index (κ2) is 8.91. The molecule has 0 aromatic heterocycles. The first-order valence-corrected chi connectivity index (χ1v) is 9.57. The van der Waals surface area contributed by atoms with Crippen LogP contribution in [0.25, 0.3) is 0 Å². The zero-order chi connectivity index (χ0) is 17.5. The van der Waals surface area contributed by atoms with Crippen LogP contribution in [0.2, 0.25) is 0 Å². The molecule has 1 N–H and O–H groups in total. The predicted octanol–water partition coefficient (Wildman–Crippen LogP) is 5.36. The van der Waals surface area contributed by atoms with Crippen molar-refractivity contribution in [3.63, 3.8) is 0 Å². The van der Waals surface area contributed by atoms with E-state index in [0.717, 1.165) is 31.1 Å². The largest absolute Gasteiger partial charge is 0.457 e. The van der Waals surface area contributed by atoms with Gasteiger partial charge in [-0.15, -0.1) is 0 Å². The van der Waals surface area contributed by atoms with Gasteiger partial charge in [-0.05, 0) is 37.1 Å². The van der Waals surface area contributed by atoms with Gasteiger partial charge in [0.25, 0.3) is 0 Å². The summed E-state index contributed by atoms with van der Waals surface area (Å²) in [6.45, 7) is 7.48. The Labute approximate surface area is 152 Å². The summed E-state index contributed by atoms with van der Waals surface area (Å²) in [6.07, 6.45) is 5.24. The van der Waals surface area contributed by atoms with Crippen LogP contribution in [-0.4, -0.2) is 19.1 Å². The van der Waals surface area contributed by atoms with E-state index in [1.54, 1.807) is 0 Å². The Hall–Kier alpha value is -2.00. The molecule has 2 aromatic rings. The molecule has 2 aromatic carbocycles. The highest BCUT2D eigenvalue weighted by Gasteiger charge is 2.17. The lowest BCUT2D eigenvalue weighted by Crippen LogP contribution is -2.28. The summed E-state index contributed by atoms with van der Waals surface area (Å²) in [6, 6.07) is 17.0. The molecule has 3 nitrogen and oxygen atoms in total. The van der Waals surface area contributed by atoms with E-state index in [0.29, 0.717) is 6.04 Å². The summed E-state index contributed by atoms with van der Waals surface area (Å²) in [5.41, 5.74) is 2.59. The molecule has 1 heterocycles. The maximum atomic E-state index is 6.24. The van der Waals surface area contributed by atoms with Crippen molar-refractivity contribution in [3.05, 3.63) is 54.1 Å². The van der Waals surface area contributed by atoms with Crippen molar-refractivity contribution in [2.24, 2.45) is 0 Å². The number of hydrogen-bond donors (Lipinski definition) is 1. The molecule has 0 amide bonds. The van der Waals surface area contributed by atoms with E-state index < -0.39 is 0 Å². The molecular formula is C22H30N2O. The van der Waals surface area contributed by atoms with Gasteiger partial charge in [-0.3, -0.25) is 0 Å². The van der Waals surface area contributed by atoms with Crippen molar-refractivity contribution in [2.75, 3.05) is 18.0 Å². The van der Waals surface area contributed by atoms with Gasteiger partial charge in [0.2, 0.25) is 0 Å². The lowest BCUT2D eigenvalue weighted by atomic mass is 10.1. The minimum Gasteiger partial charge on any atom is -0.457 e. The highest BCUT2D eigenvalue weighted by molar-refractivity contribution is 5.60. The van der Waals surface area contributed by atoms with Crippen LogP contribution in [0.4, 0.5) is 5.69 Å². The van der Waals surface area contributed by atoms with Crippen LogP contribution in [-0.2, 0) is 6.54 Å². The molecule has 0 spiro atoms. The number of benzene rings is 2. The molecular weight excluding hydrogens is 308 g/mol. The van der Waals surface area contributed by atoms with Crippen molar-refractivity contribution in [1.82, 2.24) is 5.32 Å². The highest BCUT2D eigenvalue weighted by atomic mass is 16.5. The van der Waals surface area contributed by atoms with E-state index in [1.165, 1.54) is 36.9 Å². The molecule has 0 radical (unpaired) electrons. The van der Waals surface area contributed by atoms with E-state index in [2.05, 4.69) is 42.3 Å². The Morgan fingerprint density at radius 1 is 0.920 bits per heavy atom. The van der Waals surface area contributed by atoms with Crippen molar-refractivity contribution >= 4 is 5.69 Å². The maximum Gasteiger partial charge on any atom is 0.133 e. The number of hydrogen-bond acceptors (Lipinski definition) is 3. The van der Waals surface area contributed by atoms with Crippen molar-refractivity contribution in [2.45, 2.75) is 52.1 Å². The molecule has 3 heteroatoms. The minimum absolute atomic E-state index is 0.446. The summed E-state index contributed by atoms with van der Waals surface area (Å²) in [5, 5.41) is 3.58. The van der Waals surface area contributed by atoms with Gasteiger partial charge in [0.05, 0.1) is 0 Å². The summed E-state index contributed by atoms with van der Waals surface area (Å²) in [7, 11) is 0. The van der Waals surface area contributed by atoms with Gasteiger partial charge in [-0.1, -0.05) is 51.0 Å². The second-order valence-corrected chi connectivity index (χ2v) is 7.11. The van der Waals surface area contributed by atoms with Gasteiger partial charge < -0.3 is 15.0 Å². The summed E-state index contributed by atoms with van der Waals surface area (Å²) in [5.74, 6) is 1.85. The van der Waals surface area contributed by atoms with Crippen molar-refractivity contribution in [1.29, 1.82) is 0 Å². The molecule has 1 saturated heterocycles. The zero-order valence-corrected chi connectivity index (χ0v) is 15.5. The van der Waals surface area contributed by atoms with Crippen LogP contribution in [0.1, 0.15) is 45.1 Å². The fourth-order valence-electron chi connectivity index (χ4n) is 3.36. The predicted molar refractivity (Wildman–Crippen MR) is 106 cm³/mol. The van der Waals surface area contributed by atoms with Gasteiger partial charge in [0.1, 0.15) is 11.5 Å². The van der Waals surface area contributed by atoms with Gasteiger partial charge in [-0.2, -0.15) is 0 Å². The molecule has 1 fully saturated rings. The fourth-order valence-corrected chi connectivity index (χ4v) is 3.36. The monoisotopic (exact) mass is 338 g/mol. The van der Waals surface area contributed by atoms with Crippen LogP contribution >= 0.6 is 0 Å². The minimum atomic E-state index is 0.446. The Morgan fingerprint density at radius 3 is 2.32 bits per heavy atom. The first kappa shape index (κ1) is 17.8. The molecule has 0 bridgehead atoms. The number of nitrogens with one attached hydrogen (secondary N) is 1. The third-order valence-corrected chi connectivity index (χ3v) is 4.71. The lowest BCUT2D eigenvalue weighted by Gasteiger charge is -2.27. The number of anilines is 1. The molecule has 134 valence electrons. The van der Waals surface area contributed by atoms with Gasteiger partial charge >= 0.3 is 0 Å². The number of ether oxygens (including phenoxy) is 1. The number of nitrogens with zero attached hydrogens (tertiary/aromatic N) is 1. The first-order chi connectivity index (χ1) is 12.2. The summed E-state index contributed by atoms with van der Waals surface area (Å²) >= 11 is 0. The van der Waals surface area contributed by atoms with E-state index in [1.807, 2.05) is 30.3 Å². The number of para-hydroxylation sites is 1. The fraction of sp³-hybridized carbons (Fsp3) is 0.455. The smallest absolute Gasteiger partial charge is 0.133 e. The van der Waals surface area contributed by atoms with Gasteiger partial charge in [0, 0.05) is 36.9 Å². The molecule has 1 aliphatic rings. The topological polar surface area (TPSA) is 24.5 Å². The molecule has 0 atom stereocenters. The van der Waals surface area contributed by atoms with E-state index in [9.17, 15) is 0 Å². The second-order valence-electron chi connectivity index (χ2n) is 7.11. The summed E-state index contributed by atoms with van der Waals surface area (Å²) in [4.78, 5) is 2.54. The van der Waals surface area contributed by atoms with Crippen LogP contribution in [0.3, 0.4) is 0 Å². The third-order valence-electron chi connectivity index (χ3n) is 4.71. The first-order valence-electron chi connectivity index (χ1n) is 9.57. The van der Waals surface area contributed by atoms with Crippen LogP contribution < -0.4 is 15.0 Å². The highest BCUT2D eigenvalue weighted by Crippen LogP contribution is 2.33. The average molecular weight is 338 g/mol. The molecule has 25 heavy (non-hydrogen) atoms. The Bertz CT molecular complexity index is 646. The summed E-state index contributed by atoms with van der Waals surface area (Å²) < 4.78 is 6.24. The van der Waals surface area contributed by atoms with Gasteiger partial charge in [0.15, 0.2) is 0 Å². The maximum absolute atomic E-state index is 6.24. The van der Waals surface area contributed by atoms with Crippen molar-refractivity contribution in [3.8, 4) is 11.5 Å². The average Bonchev–Trinajstić information content (AvgIpc) is 2.90. The quantitative estimate of drug-likeness (QED) is 0.767. The standard InChI is InChI=1S/C22H30N2O/c1-18(2)23-17-20-21(24-15-8-3-4-9-16-24)13-10-14-22(20)25-19-11-6-5-7-12-19/h5-7,10-14,18,23H,3-4,8-9,15-17H2,1-2H3. The normalized spacial score (nSPS) is 15.2. The van der Waals surface area contributed by atoms with E-state index in [4.69, 9.17) is 4.74 Å². The van der Waals surface area contributed by atoms with E-state index >= 15 is 0 Å². The molecule has 1 aliphatic heterocycles. The van der Waals surface area contributed by atoms with Crippen LogP contribution in [0, 0.1) is 0 Å². The molecule has 0 aliphatic carbocycles. The van der Waals surface area contributed by atoms with Crippen LogP contribution in [0.5, 0.6) is 11.5 Å². The SMILES string of the molecule is CC(C)NCc1c(Oc2ccccc2)cccc1N1CCCCCC1. The Kier molecular flexibility index (Phi) is 6.35. The van der Waals surface area contributed by atoms with Crippen molar-refractivity contribution < 1.29 is 4.74 Å². The molecule has 3 rings (SSSR count). The number of rotatable bonds is 6. The lowest BCUT2D eigenvalue weighted by molar-refractivity contribution is 0.469. The van der Waals surface area contributed by atoms with Gasteiger partial charge in [-0.25, -0.2) is 0 Å². The van der Waals surface area contributed by atoms with E-state index in [-0.39, 0.29) is 0 Å². The third kappa shape index (κ3) is 4.99. The Balaban J connectivity index is 1.91. The molecule has 0 saturated carbocycles. The zero-order valence-electron chi connectivity index (χ0n) is 15.5. The Morgan fingerprint density at radius 2 is 1.64 bits per heavy atom.